The van der Waals surface area contributed by atoms with Crippen molar-refractivity contribution in [1.82, 2.24) is 25.8 Å². The molecule has 1 aliphatic carbocycles. The van der Waals surface area contributed by atoms with Gasteiger partial charge in [0.25, 0.3) is 5.91 Å². The van der Waals surface area contributed by atoms with E-state index >= 15 is 0 Å². The monoisotopic (exact) mass is 724 g/mol. The Bertz CT molecular complexity index is 2050. The Hall–Kier alpha value is -5.14. The van der Waals surface area contributed by atoms with Crippen molar-refractivity contribution in [2.24, 2.45) is 5.41 Å². The van der Waals surface area contributed by atoms with Crippen LogP contribution in [0.2, 0.25) is 0 Å². The number of nitrogens with one attached hydrogen (secondary N) is 4. The second-order valence-electron chi connectivity index (χ2n) is 14.6. The van der Waals surface area contributed by atoms with Gasteiger partial charge in [-0.3, -0.25) is 24.5 Å². The van der Waals surface area contributed by atoms with Crippen molar-refractivity contribution in [3.63, 3.8) is 0 Å². The van der Waals surface area contributed by atoms with Gasteiger partial charge in [0.15, 0.2) is 5.13 Å². The normalized spacial score (nSPS) is 18.1. The highest BCUT2D eigenvalue weighted by Crippen LogP contribution is 2.33. The van der Waals surface area contributed by atoms with Crippen LogP contribution < -0.4 is 21.3 Å². The molecule has 0 radical (unpaired) electrons. The van der Waals surface area contributed by atoms with Crippen LogP contribution in [0.4, 0.5) is 5.13 Å². The van der Waals surface area contributed by atoms with E-state index in [2.05, 4.69) is 32.3 Å². The number of fused-ring (bicyclic) bond motifs is 3. The van der Waals surface area contributed by atoms with Crippen LogP contribution in [-0.2, 0) is 33.8 Å². The van der Waals surface area contributed by atoms with Gasteiger partial charge in [0, 0.05) is 18.5 Å². The number of aryl methyl sites for hydroxylation is 1. The van der Waals surface area contributed by atoms with Crippen molar-refractivity contribution in [1.29, 1.82) is 0 Å². The predicted octanol–water partition coefficient (Wildman–Crippen LogP) is 4.83. The van der Waals surface area contributed by atoms with Crippen molar-refractivity contribution in [2.45, 2.75) is 84.1 Å². The van der Waals surface area contributed by atoms with Crippen molar-refractivity contribution in [3.05, 3.63) is 94.0 Å². The SMILES string of the molecule is CN[C@@H](C)C(=O)NC(C(=O)N1Cc2cc(C(=O)Nc3nc4cc(C(=O)O)ccc4s3)ccc2C[C@H]1C(=O)N[C@@H]1CCCc2ccccc21)C(C)(C)C. The largest absolute Gasteiger partial charge is 0.478 e. The summed E-state index contributed by atoms with van der Waals surface area (Å²) in [5, 5.41) is 21.6. The molecule has 1 unspecified atom stereocenters. The Morgan fingerprint density at radius 3 is 2.44 bits per heavy atom. The molecule has 0 spiro atoms. The third-order valence-electron chi connectivity index (χ3n) is 9.95. The minimum absolute atomic E-state index is 0.0533. The summed E-state index contributed by atoms with van der Waals surface area (Å²) in [5.74, 6) is -2.48. The molecule has 1 aromatic heterocycles. The first-order valence-corrected chi connectivity index (χ1v) is 18.3. The zero-order chi connectivity index (χ0) is 37.3. The van der Waals surface area contributed by atoms with E-state index in [4.69, 9.17) is 0 Å². The zero-order valence-corrected chi connectivity index (χ0v) is 30.7. The average molecular weight is 725 g/mol. The summed E-state index contributed by atoms with van der Waals surface area (Å²) >= 11 is 1.23. The first kappa shape index (κ1) is 36.6. The van der Waals surface area contributed by atoms with Gasteiger partial charge in [-0.05, 0) is 91.2 Å². The number of carbonyl (C=O) groups is 5. The van der Waals surface area contributed by atoms with Crippen molar-refractivity contribution in [2.75, 3.05) is 12.4 Å². The number of aromatic carboxylic acids is 1. The highest BCUT2D eigenvalue weighted by atomic mass is 32.1. The quantitative estimate of drug-likeness (QED) is 0.164. The molecule has 0 saturated carbocycles. The Labute approximate surface area is 306 Å². The van der Waals surface area contributed by atoms with Gasteiger partial charge >= 0.3 is 5.97 Å². The van der Waals surface area contributed by atoms with E-state index in [9.17, 15) is 29.1 Å². The molecule has 0 bridgehead atoms. The molecule has 272 valence electrons. The van der Waals surface area contributed by atoms with Crippen molar-refractivity contribution < 1.29 is 29.1 Å². The van der Waals surface area contributed by atoms with Crippen LogP contribution in [-0.4, -0.2) is 69.8 Å². The average Bonchev–Trinajstić information content (AvgIpc) is 3.53. The summed E-state index contributed by atoms with van der Waals surface area (Å²) in [5.41, 5.74) is 4.06. The van der Waals surface area contributed by atoms with Gasteiger partial charge in [0.1, 0.15) is 12.1 Å². The summed E-state index contributed by atoms with van der Waals surface area (Å²) in [4.78, 5) is 72.8. The van der Waals surface area contributed by atoms with Gasteiger partial charge in [0.05, 0.1) is 27.9 Å². The van der Waals surface area contributed by atoms with Gasteiger partial charge in [-0.25, -0.2) is 9.78 Å². The lowest BCUT2D eigenvalue weighted by atomic mass is 9.83. The molecule has 2 heterocycles. The van der Waals surface area contributed by atoms with Gasteiger partial charge in [-0.2, -0.15) is 0 Å². The van der Waals surface area contributed by atoms with Crippen molar-refractivity contribution >= 4 is 56.3 Å². The van der Waals surface area contributed by atoms with E-state index in [0.717, 1.165) is 35.1 Å². The maximum atomic E-state index is 14.6. The Morgan fingerprint density at radius 2 is 1.71 bits per heavy atom. The van der Waals surface area contributed by atoms with E-state index in [-0.39, 0.29) is 42.3 Å². The van der Waals surface area contributed by atoms with Crippen LogP contribution in [0.25, 0.3) is 10.2 Å². The molecule has 1 aliphatic heterocycles. The molecular weight excluding hydrogens is 681 g/mol. The summed E-state index contributed by atoms with van der Waals surface area (Å²) in [6, 6.07) is 15.4. The number of thiazole rings is 1. The number of amides is 4. The lowest BCUT2D eigenvalue weighted by Gasteiger charge is -2.42. The predicted molar refractivity (Wildman–Crippen MR) is 199 cm³/mol. The van der Waals surface area contributed by atoms with Crippen LogP contribution in [0.5, 0.6) is 0 Å². The molecule has 5 N–H and O–H groups in total. The second-order valence-corrected chi connectivity index (χ2v) is 15.6. The fraction of sp³-hybridized carbons (Fsp3) is 0.385. The minimum atomic E-state index is -1.06. The zero-order valence-electron chi connectivity index (χ0n) is 29.9. The van der Waals surface area contributed by atoms with Gasteiger partial charge in [-0.1, -0.05) is 62.4 Å². The first-order chi connectivity index (χ1) is 24.7. The third kappa shape index (κ3) is 7.70. The first-order valence-electron chi connectivity index (χ1n) is 17.5. The van der Waals surface area contributed by atoms with Crippen LogP contribution in [0.1, 0.15) is 89.5 Å². The number of rotatable bonds is 9. The molecule has 4 amide bonds. The van der Waals surface area contributed by atoms with Crippen LogP contribution in [0.3, 0.4) is 0 Å². The molecule has 6 rings (SSSR count). The van der Waals surface area contributed by atoms with Gasteiger partial charge in [-0.15, -0.1) is 0 Å². The molecule has 52 heavy (non-hydrogen) atoms. The van der Waals surface area contributed by atoms with Crippen LogP contribution in [0.15, 0.2) is 60.7 Å². The number of likely N-dealkylation sites (N-methyl/N-ethyl adjacent to an activating group) is 1. The van der Waals surface area contributed by atoms with E-state index in [1.165, 1.54) is 29.0 Å². The number of hydrogen-bond acceptors (Lipinski definition) is 8. The summed E-state index contributed by atoms with van der Waals surface area (Å²) < 4.78 is 0.727. The highest BCUT2D eigenvalue weighted by Gasteiger charge is 2.43. The number of carbonyl (C=O) groups excluding carboxylic acids is 4. The standard InChI is InChI=1S/C39H44N6O6S/c1-21(40-5)33(46)43-32(39(2,3)4)36(49)45-20-26-17-24(34(47)44-38-42-29-18-25(37(50)51)15-16-31(29)52-38)14-13-23(26)19-30(45)35(48)41-28-12-8-10-22-9-6-7-11-27(22)28/h6-7,9,11,13-18,21,28,30,32,40H,8,10,12,19-20H2,1-5H3,(H,41,48)(H,43,46)(H,50,51)(H,42,44,47)/t21-,28+,30-,32?/m0/s1. The number of benzene rings is 3. The van der Waals surface area contributed by atoms with Crippen molar-refractivity contribution in [3.8, 4) is 0 Å². The number of carboxylic acid groups (broad SMARTS) is 1. The number of anilines is 1. The van der Waals surface area contributed by atoms with E-state index in [1.807, 2.05) is 45.0 Å². The molecule has 12 nitrogen and oxygen atoms in total. The Kier molecular flexibility index (Phi) is 10.5. The minimum Gasteiger partial charge on any atom is -0.478 e. The summed E-state index contributed by atoms with van der Waals surface area (Å²) in [6.07, 6.45) is 2.90. The van der Waals surface area contributed by atoms with Gasteiger partial charge < -0.3 is 26.0 Å². The molecule has 0 saturated heterocycles. The molecule has 3 aromatic carbocycles. The van der Waals surface area contributed by atoms with E-state index < -0.39 is 35.4 Å². The highest BCUT2D eigenvalue weighted by molar-refractivity contribution is 7.22. The fourth-order valence-electron chi connectivity index (χ4n) is 6.86. The molecular formula is C39H44N6O6S. The van der Waals surface area contributed by atoms with Gasteiger partial charge in [0.2, 0.25) is 17.7 Å². The maximum absolute atomic E-state index is 14.6. The second kappa shape index (κ2) is 14.8. The lowest BCUT2D eigenvalue weighted by Crippen LogP contribution is -2.62. The van der Waals surface area contributed by atoms with E-state index in [0.29, 0.717) is 21.8 Å². The molecule has 13 heteroatoms. The summed E-state index contributed by atoms with van der Waals surface area (Å²) in [7, 11) is 1.67. The number of nitrogens with zero attached hydrogens (tertiary/aromatic N) is 2. The topological polar surface area (TPSA) is 170 Å². The summed E-state index contributed by atoms with van der Waals surface area (Å²) in [6.45, 7) is 7.39. The Balaban J connectivity index is 1.29. The maximum Gasteiger partial charge on any atom is 0.335 e. The molecule has 4 aromatic rings. The Morgan fingerprint density at radius 1 is 0.962 bits per heavy atom. The lowest BCUT2D eigenvalue weighted by molar-refractivity contribution is -0.147. The fourth-order valence-corrected chi connectivity index (χ4v) is 7.70. The molecule has 2 aliphatic rings. The number of carboxylic acids is 1. The number of hydrogen-bond donors (Lipinski definition) is 5. The van der Waals surface area contributed by atoms with E-state index in [1.54, 1.807) is 37.1 Å². The van der Waals surface area contributed by atoms with Crippen LogP contribution in [0, 0.1) is 5.41 Å². The van der Waals surface area contributed by atoms with Crippen LogP contribution >= 0.6 is 11.3 Å². The molecule has 4 atom stereocenters. The molecule has 0 fully saturated rings. The number of aromatic nitrogens is 1. The smallest absolute Gasteiger partial charge is 0.335 e. The third-order valence-corrected chi connectivity index (χ3v) is 10.9.